The van der Waals surface area contributed by atoms with Crippen LogP contribution >= 0.6 is 35.7 Å². The SMILES string of the molecule is CCNC(=NCC1CCCN1CC)NCCS(=O)(=O)N1CCSCC1.I. The summed E-state index contributed by atoms with van der Waals surface area (Å²) in [4.78, 5) is 7.13. The molecule has 1 unspecified atom stereocenters. The second-order valence-electron chi connectivity index (χ2n) is 6.40. The first kappa shape index (κ1) is 24.3. The summed E-state index contributed by atoms with van der Waals surface area (Å²) in [6.07, 6.45) is 2.43. The summed E-state index contributed by atoms with van der Waals surface area (Å²) in [6.45, 7) is 9.63. The van der Waals surface area contributed by atoms with Crippen LogP contribution in [-0.2, 0) is 10.0 Å². The fourth-order valence-corrected chi connectivity index (χ4v) is 5.80. The van der Waals surface area contributed by atoms with Crippen LogP contribution in [0.4, 0.5) is 0 Å². The molecule has 2 N–H and O–H groups in total. The van der Waals surface area contributed by atoms with Gasteiger partial charge in [-0.25, -0.2) is 12.7 Å². The number of thioether (sulfide) groups is 1. The maximum atomic E-state index is 12.4. The van der Waals surface area contributed by atoms with Crippen molar-refractivity contribution in [2.24, 2.45) is 4.99 Å². The molecule has 2 saturated heterocycles. The first-order valence-electron chi connectivity index (χ1n) is 9.38. The molecular weight excluding hydrogens is 485 g/mol. The third kappa shape index (κ3) is 7.69. The van der Waals surface area contributed by atoms with Crippen LogP contribution in [0, 0.1) is 0 Å². The highest BCUT2D eigenvalue weighted by Crippen LogP contribution is 2.16. The van der Waals surface area contributed by atoms with Gasteiger partial charge in [-0.1, -0.05) is 6.92 Å². The van der Waals surface area contributed by atoms with Crippen LogP contribution in [-0.4, -0.2) is 92.7 Å². The second-order valence-corrected chi connectivity index (χ2v) is 9.71. The number of hydrogen-bond donors (Lipinski definition) is 2. The molecular formula is C16H34IN5O2S2. The van der Waals surface area contributed by atoms with Gasteiger partial charge in [-0.3, -0.25) is 9.89 Å². The minimum Gasteiger partial charge on any atom is -0.357 e. The lowest BCUT2D eigenvalue weighted by Gasteiger charge is -2.25. The van der Waals surface area contributed by atoms with E-state index in [1.54, 1.807) is 4.31 Å². The Kier molecular flexibility index (Phi) is 11.8. The summed E-state index contributed by atoms with van der Waals surface area (Å²) in [6, 6.07) is 0.509. The lowest BCUT2D eigenvalue weighted by atomic mass is 10.2. The summed E-state index contributed by atoms with van der Waals surface area (Å²) >= 11 is 1.82. The number of sulfonamides is 1. The van der Waals surface area contributed by atoms with Crippen molar-refractivity contribution in [1.82, 2.24) is 19.8 Å². The molecule has 2 fully saturated rings. The average Bonchev–Trinajstić information content (AvgIpc) is 3.08. The van der Waals surface area contributed by atoms with Crippen molar-refractivity contribution in [1.29, 1.82) is 0 Å². The van der Waals surface area contributed by atoms with E-state index in [2.05, 4.69) is 27.4 Å². The average molecular weight is 520 g/mol. The van der Waals surface area contributed by atoms with Crippen LogP contribution in [0.3, 0.4) is 0 Å². The number of hydrogen-bond acceptors (Lipinski definition) is 5. The number of rotatable bonds is 8. The van der Waals surface area contributed by atoms with Gasteiger partial charge in [-0.2, -0.15) is 11.8 Å². The maximum Gasteiger partial charge on any atom is 0.215 e. The van der Waals surface area contributed by atoms with Gasteiger partial charge in [-0.05, 0) is 32.9 Å². The normalized spacial score (nSPS) is 22.8. The van der Waals surface area contributed by atoms with Crippen molar-refractivity contribution in [3.8, 4) is 0 Å². The first-order valence-corrected chi connectivity index (χ1v) is 12.1. The van der Waals surface area contributed by atoms with E-state index in [0.29, 0.717) is 25.7 Å². The Morgan fingerprint density at radius 3 is 2.58 bits per heavy atom. The molecule has 0 radical (unpaired) electrons. The van der Waals surface area contributed by atoms with E-state index >= 15 is 0 Å². The second kappa shape index (κ2) is 12.6. The number of halogens is 1. The van der Waals surface area contributed by atoms with Gasteiger partial charge in [0.25, 0.3) is 0 Å². The molecule has 2 aliphatic heterocycles. The molecule has 0 aromatic carbocycles. The molecule has 2 heterocycles. The molecule has 1 atom stereocenters. The minimum absolute atomic E-state index is 0. The van der Waals surface area contributed by atoms with Crippen molar-refractivity contribution < 1.29 is 8.42 Å². The van der Waals surface area contributed by atoms with E-state index in [-0.39, 0.29) is 29.7 Å². The van der Waals surface area contributed by atoms with Crippen LogP contribution in [0.15, 0.2) is 4.99 Å². The largest absolute Gasteiger partial charge is 0.357 e. The van der Waals surface area contributed by atoms with Gasteiger partial charge in [0.05, 0.1) is 12.3 Å². The number of likely N-dealkylation sites (N-methyl/N-ethyl adjacent to an activating group) is 1. The van der Waals surface area contributed by atoms with Crippen molar-refractivity contribution in [2.75, 3.05) is 63.1 Å². The predicted octanol–water partition coefficient (Wildman–Crippen LogP) is 1.02. The summed E-state index contributed by atoms with van der Waals surface area (Å²) in [7, 11) is -3.17. The van der Waals surface area contributed by atoms with Crippen molar-refractivity contribution in [2.45, 2.75) is 32.7 Å². The molecule has 2 rings (SSSR count). The minimum atomic E-state index is -3.17. The highest BCUT2D eigenvalue weighted by atomic mass is 127. The lowest BCUT2D eigenvalue weighted by Crippen LogP contribution is -2.44. The molecule has 0 aromatic heterocycles. The van der Waals surface area contributed by atoms with E-state index in [9.17, 15) is 8.42 Å². The topological polar surface area (TPSA) is 77.0 Å². The highest BCUT2D eigenvalue weighted by Gasteiger charge is 2.24. The molecule has 2 aliphatic rings. The molecule has 0 spiro atoms. The molecule has 154 valence electrons. The van der Waals surface area contributed by atoms with Gasteiger partial charge in [0.1, 0.15) is 0 Å². The zero-order chi connectivity index (χ0) is 18.1. The van der Waals surface area contributed by atoms with Gasteiger partial charge in [-0.15, -0.1) is 24.0 Å². The Balaban J connectivity index is 0.00000338. The smallest absolute Gasteiger partial charge is 0.215 e. The Labute approximate surface area is 180 Å². The van der Waals surface area contributed by atoms with Crippen molar-refractivity contribution in [3.05, 3.63) is 0 Å². The number of nitrogens with one attached hydrogen (secondary N) is 2. The number of nitrogens with zero attached hydrogens (tertiary/aromatic N) is 3. The highest BCUT2D eigenvalue weighted by molar-refractivity contribution is 14.0. The van der Waals surface area contributed by atoms with Gasteiger partial charge in [0, 0.05) is 43.7 Å². The molecule has 10 heteroatoms. The fraction of sp³-hybridized carbons (Fsp3) is 0.938. The monoisotopic (exact) mass is 519 g/mol. The molecule has 0 amide bonds. The van der Waals surface area contributed by atoms with E-state index in [0.717, 1.165) is 43.6 Å². The van der Waals surface area contributed by atoms with Gasteiger partial charge < -0.3 is 10.6 Å². The standard InChI is InChI=1S/C16H33N5O2S2.HI/c1-3-17-16(19-14-15-6-5-8-20(15)4-2)18-7-13-25(22,23)21-9-11-24-12-10-21;/h15H,3-14H2,1-2H3,(H2,17,18,19);1H. The number of guanidine groups is 1. The summed E-state index contributed by atoms with van der Waals surface area (Å²) < 4.78 is 26.4. The quantitative estimate of drug-likeness (QED) is 0.284. The predicted molar refractivity (Wildman–Crippen MR) is 122 cm³/mol. The number of likely N-dealkylation sites (tertiary alicyclic amines) is 1. The third-order valence-corrected chi connectivity index (χ3v) is 7.54. The first-order chi connectivity index (χ1) is 12.1. The van der Waals surface area contributed by atoms with Crippen molar-refractivity contribution >= 4 is 51.7 Å². The Bertz CT molecular complexity index is 527. The van der Waals surface area contributed by atoms with E-state index < -0.39 is 10.0 Å². The van der Waals surface area contributed by atoms with E-state index in [4.69, 9.17) is 0 Å². The summed E-state index contributed by atoms with van der Waals surface area (Å²) in [5.41, 5.74) is 0. The van der Waals surface area contributed by atoms with Crippen LogP contribution in [0.25, 0.3) is 0 Å². The Morgan fingerprint density at radius 2 is 1.92 bits per heavy atom. The van der Waals surface area contributed by atoms with Crippen LogP contribution in [0.2, 0.25) is 0 Å². The zero-order valence-corrected chi connectivity index (χ0v) is 19.9. The molecule has 0 aromatic rings. The maximum absolute atomic E-state index is 12.4. The Morgan fingerprint density at radius 1 is 1.19 bits per heavy atom. The fourth-order valence-electron chi connectivity index (χ4n) is 3.31. The molecule has 0 saturated carbocycles. The van der Waals surface area contributed by atoms with Crippen LogP contribution in [0.5, 0.6) is 0 Å². The van der Waals surface area contributed by atoms with Gasteiger partial charge >= 0.3 is 0 Å². The molecule has 26 heavy (non-hydrogen) atoms. The molecule has 0 aliphatic carbocycles. The lowest BCUT2D eigenvalue weighted by molar-refractivity contribution is 0.273. The summed E-state index contributed by atoms with van der Waals surface area (Å²) in [5.74, 6) is 2.62. The Hall–Kier alpha value is 0.220. The van der Waals surface area contributed by atoms with E-state index in [1.165, 1.54) is 12.8 Å². The third-order valence-electron chi connectivity index (χ3n) is 4.73. The van der Waals surface area contributed by atoms with Gasteiger partial charge in [0.2, 0.25) is 10.0 Å². The van der Waals surface area contributed by atoms with Crippen LogP contribution < -0.4 is 10.6 Å². The summed E-state index contributed by atoms with van der Waals surface area (Å²) in [5, 5.41) is 6.40. The van der Waals surface area contributed by atoms with Crippen molar-refractivity contribution in [3.63, 3.8) is 0 Å². The molecule has 0 bridgehead atoms. The molecule has 7 nitrogen and oxygen atoms in total. The van der Waals surface area contributed by atoms with Crippen LogP contribution in [0.1, 0.15) is 26.7 Å². The van der Waals surface area contributed by atoms with E-state index in [1.807, 2.05) is 18.7 Å². The number of aliphatic imine (C=N–C) groups is 1. The van der Waals surface area contributed by atoms with Gasteiger partial charge in [0.15, 0.2) is 5.96 Å². The zero-order valence-electron chi connectivity index (χ0n) is 15.9.